The lowest BCUT2D eigenvalue weighted by molar-refractivity contribution is -0.142. The predicted molar refractivity (Wildman–Crippen MR) is 115 cm³/mol. The highest BCUT2D eigenvalue weighted by molar-refractivity contribution is 6.33. The molecule has 9 heteroatoms. The predicted octanol–water partition coefficient (Wildman–Crippen LogP) is 4.07. The zero-order chi connectivity index (χ0) is 22.1. The van der Waals surface area contributed by atoms with Crippen molar-refractivity contribution in [2.24, 2.45) is 0 Å². The molecule has 0 aliphatic rings. The van der Waals surface area contributed by atoms with Crippen molar-refractivity contribution in [2.45, 2.75) is 38.6 Å². The van der Waals surface area contributed by atoms with Crippen LogP contribution in [0.3, 0.4) is 0 Å². The maximum Gasteiger partial charge on any atom is 0.319 e. The first-order valence-corrected chi connectivity index (χ1v) is 9.81. The van der Waals surface area contributed by atoms with E-state index in [4.69, 9.17) is 16.3 Å². The van der Waals surface area contributed by atoms with Gasteiger partial charge in [0.25, 0.3) is 0 Å². The summed E-state index contributed by atoms with van der Waals surface area (Å²) in [6.45, 7) is 3.62. The van der Waals surface area contributed by atoms with E-state index in [9.17, 15) is 14.4 Å². The Morgan fingerprint density at radius 3 is 2.47 bits per heavy atom. The minimum Gasteiger partial charge on any atom is -0.469 e. The number of aromatic nitrogens is 1. The number of methoxy groups -OCH3 is 1. The van der Waals surface area contributed by atoms with Crippen LogP contribution < -0.4 is 16.0 Å². The first kappa shape index (κ1) is 23.2. The van der Waals surface area contributed by atoms with Gasteiger partial charge in [0.2, 0.25) is 5.91 Å². The molecule has 3 N–H and O–H groups in total. The van der Waals surface area contributed by atoms with Crippen molar-refractivity contribution in [1.29, 1.82) is 0 Å². The summed E-state index contributed by atoms with van der Waals surface area (Å²) in [6.07, 6.45) is 4.18. The largest absolute Gasteiger partial charge is 0.469 e. The molecule has 30 heavy (non-hydrogen) atoms. The fourth-order valence-electron chi connectivity index (χ4n) is 2.85. The molecule has 160 valence electrons. The number of nitrogens with one attached hydrogen (secondary N) is 3. The fourth-order valence-corrected chi connectivity index (χ4v) is 3.02. The molecule has 0 fully saturated rings. The fraction of sp³-hybridized carbons (Fsp3) is 0.333. The van der Waals surface area contributed by atoms with Gasteiger partial charge in [-0.3, -0.25) is 14.6 Å². The molecule has 0 aliphatic heterocycles. The van der Waals surface area contributed by atoms with Crippen molar-refractivity contribution in [2.75, 3.05) is 17.7 Å². The standard InChI is InChI=1S/C21H25ClN4O4/c1-4-5-18(27)24-15-6-7-16(22)17(12-15)25-20(29)26-21(2,13-19(28)30-3)14-8-10-23-11-9-14/h6-12H,4-5,13H2,1-3H3,(H,24,27)(H2,25,26,29). The number of halogens is 1. The second kappa shape index (κ2) is 10.6. The van der Waals surface area contributed by atoms with Crippen LogP contribution in [0, 0.1) is 0 Å². The van der Waals surface area contributed by atoms with Crippen LogP contribution in [-0.2, 0) is 19.9 Å². The Morgan fingerprint density at radius 1 is 1.13 bits per heavy atom. The van der Waals surface area contributed by atoms with E-state index >= 15 is 0 Å². The van der Waals surface area contributed by atoms with Gasteiger partial charge in [0.05, 0.1) is 29.8 Å². The number of carbonyl (C=O) groups excluding carboxylic acids is 3. The lowest BCUT2D eigenvalue weighted by Crippen LogP contribution is -2.47. The molecule has 0 aliphatic carbocycles. The van der Waals surface area contributed by atoms with Gasteiger partial charge < -0.3 is 20.7 Å². The Morgan fingerprint density at radius 2 is 1.83 bits per heavy atom. The van der Waals surface area contributed by atoms with Crippen LogP contribution in [0.5, 0.6) is 0 Å². The molecule has 0 saturated heterocycles. The first-order valence-electron chi connectivity index (χ1n) is 9.43. The Bertz CT molecular complexity index is 907. The van der Waals surface area contributed by atoms with Crippen molar-refractivity contribution in [3.05, 3.63) is 53.3 Å². The van der Waals surface area contributed by atoms with E-state index in [0.717, 1.165) is 6.42 Å². The summed E-state index contributed by atoms with van der Waals surface area (Å²) < 4.78 is 4.77. The third-order valence-corrected chi connectivity index (χ3v) is 4.74. The Labute approximate surface area is 180 Å². The quantitative estimate of drug-likeness (QED) is 0.544. The second-order valence-electron chi connectivity index (χ2n) is 6.89. The van der Waals surface area contributed by atoms with Gasteiger partial charge >= 0.3 is 12.0 Å². The van der Waals surface area contributed by atoms with Crippen molar-refractivity contribution >= 4 is 40.9 Å². The van der Waals surface area contributed by atoms with Crippen LogP contribution in [0.15, 0.2) is 42.7 Å². The summed E-state index contributed by atoms with van der Waals surface area (Å²) in [5.74, 6) is -0.605. The van der Waals surface area contributed by atoms with Crippen molar-refractivity contribution < 1.29 is 19.1 Å². The molecule has 8 nitrogen and oxygen atoms in total. The molecule has 2 aromatic rings. The Hall–Kier alpha value is -3.13. The van der Waals surface area contributed by atoms with Gasteiger partial charge in [0.1, 0.15) is 0 Å². The number of hydrogen-bond donors (Lipinski definition) is 3. The zero-order valence-electron chi connectivity index (χ0n) is 17.1. The van der Waals surface area contributed by atoms with Gasteiger partial charge in [-0.1, -0.05) is 18.5 Å². The van der Waals surface area contributed by atoms with Gasteiger partial charge in [-0.15, -0.1) is 0 Å². The van der Waals surface area contributed by atoms with E-state index in [-0.39, 0.29) is 12.3 Å². The third kappa shape index (κ3) is 6.45. The molecular weight excluding hydrogens is 408 g/mol. The van der Waals surface area contributed by atoms with Crippen molar-refractivity contribution in [3.63, 3.8) is 0 Å². The number of benzene rings is 1. The summed E-state index contributed by atoms with van der Waals surface area (Å²) in [7, 11) is 1.29. The molecular formula is C21H25ClN4O4. The SMILES string of the molecule is CCCC(=O)Nc1ccc(Cl)c(NC(=O)NC(C)(CC(=O)OC)c2ccncc2)c1. The van der Waals surface area contributed by atoms with E-state index in [1.54, 1.807) is 49.6 Å². The van der Waals surface area contributed by atoms with Crippen LogP contribution in [-0.4, -0.2) is 30.0 Å². The summed E-state index contributed by atoms with van der Waals surface area (Å²) in [4.78, 5) is 40.4. The molecule has 1 atom stereocenters. The Balaban J connectivity index is 2.19. The van der Waals surface area contributed by atoms with Crippen LogP contribution >= 0.6 is 11.6 Å². The molecule has 0 saturated carbocycles. The molecule has 0 radical (unpaired) electrons. The normalized spacial score (nSPS) is 12.4. The molecule has 2 rings (SSSR count). The third-order valence-electron chi connectivity index (χ3n) is 4.41. The lowest BCUT2D eigenvalue weighted by atomic mass is 9.89. The lowest BCUT2D eigenvalue weighted by Gasteiger charge is -2.30. The summed E-state index contributed by atoms with van der Waals surface area (Å²) in [5.41, 5.74) is 0.474. The number of nitrogens with zero attached hydrogens (tertiary/aromatic N) is 1. The molecule has 1 heterocycles. The molecule has 1 aromatic carbocycles. The van der Waals surface area contributed by atoms with Gasteiger partial charge in [-0.25, -0.2) is 4.79 Å². The molecule has 1 aromatic heterocycles. The first-order chi connectivity index (χ1) is 14.3. The van der Waals surface area contributed by atoms with Crippen LogP contribution in [0.2, 0.25) is 5.02 Å². The van der Waals surface area contributed by atoms with E-state index in [0.29, 0.717) is 28.4 Å². The minimum absolute atomic E-state index is 0.0816. The van der Waals surface area contributed by atoms with Crippen LogP contribution in [0.25, 0.3) is 0 Å². The monoisotopic (exact) mass is 432 g/mol. The molecule has 3 amide bonds. The number of carbonyl (C=O) groups is 3. The Kier molecular flexibility index (Phi) is 8.17. The number of anilines is 2. The number of amides is 3. The van der Waals surface area contributed by atoms with E-state index < -0.39 is 17.5 Å². The maximum absolute atomic E-state index is 12.7. The average molecular weight is 433 g/mol. The summed E-state index contributed by atoms with van der Waals surface area (Å²) in [5, 5.41) is 8.54. The number of urea groups is 1. The highest BCUT2D eigenvalue weighted by atomic mass is 35.5. The van der Waals surface area contributed by atoms with E-state index in [1.165, 1.54) is 7.11 Å². The average Bonchev–Trinajstić information content (AvgIpc) is 2.71. The number of pyridine rings is 1. The van der Waals surface area contributed by atoms with Crippen molar-refractivity contribution in [3.8, 4) is 0 Å². The van der Waals surface area contributed by atoms with Gasteiger partial charge in [-0.2, -0.15) is 0 Å². The second-order valence-corrected chi connectivity index (χ2v) is 7.30. The topological polar surface area (TPSA) is 109 Å². The minimum atomic E-state index is -1.04. The van der Waals surface area contributed by atoms with Crippen LogP contribution in [0.4, 0.5) is 16.2 Å². The highest BCUT2D eigenvalue weighted by Crippen LogP contribution is 2.28. The molecule has 0 bridgehead atoms. The molecule has 0 spiro atoms. The van der Waals surface area contributed by atoms with Crippen LogP contribution in [0.1, 0.15) is 38.7 Å². The van der Waals surface area contributed by atoms with Gasteiger partial charge in [-0.05, 0) is 49.2 Å². The van der Waals surface area contributed by atoms with Crippen molar-refractivity contribution in [1.82, 2.24) is 10.3 Å². The number of rotatable bonds is 8. The maximum atomic E-state index is 12.7. The number of hydrogen-bond acceptors (Lipinski definition) is 5. The van der Waals surface area contributed by atoms with Gasteiger partial charge in [0.15, 0.2) is 0 Å². The zero-order valence-corrected chi connectivity index (χ0v) is 17.9. The van der Waals surface area contributed by atoms with E-state index in [2.05, 4.69) is 20.9 Å². The molecule has 1 unspecified atom stereocenters. The highest BCUT2D eigenvalue weighted by Gasteiger charge is 2.32. The summed E-state index contributed by atoms with van der Waals surface area (Å²) in [6, 6.07) is 7.64. The number of ether oxygens (including phenoxy) is 1. The van der Waals surface area contributed by atoms with Gasteiger partial charge in [0, 0.05) is 24.5 Å². The van der Waals surface area contributed by atoms with E-state index in [1.807, 2.05) is 6.92 Å². The smallest absolute Gasteiger partial charge is 0.319 e. The summed E-state index contributed by atoms with van der Waals surface area (Å²) >= 11 is 6.20. The number of esters is 1.